The smallest absolute Gasteiger partial charge is 0.258 e. The summed E-state index contributed by atoms with van der Waals surface area (Å²) in [7, 11) is -3.50. The second-order valence-corrected chi connectivity index (χ2v) is 12.1. The second-order valence-electron chi connectivity index (χ2n) is 10.2. The fourth-order valence-corrected chi connectivity index (χ4v) is 6.16. The van der Waals surface area contributed by atoms with E-state index >= 15 is 0 Å². The van der Waals surface area contributed by atoms with Crippen molar-refractivity contribution in [3.63, 3.8) is 0 Å². The topological polar surface area (TPSA) is 109 Å². The van der Waals surface area contributed by atoms with Gasteiger partial charge in [0.05, 0.1) is 55.3 Å². The van der Waals surface area contributed by atoms with Crippen LogP contribution >= 0.6 is 0 Å². The van der Waals surface area contributed by atoms with E-state index in [4.69, 9.17) is 14.2 Å². The third-order valence-corrected chi connectivity index (χ3v) is 8.48. The molecule has 0 radical (unpaired) electrons. The molecule has 2 aliphatic rings. The van der Waals surface area contributed by atoms with Gasteiger partial charge in [0.1, 0.15) is 0 Å². The first kappa shape index (κ1) is 30.4. The van der Waals surface area contributed by atoms with Crippen molar-refractivity contribution in [2.45, 2.75) is 13.8 Å². The summed E-state index contributed by atoms with van der Waals surface area (Å²) in [5, 5.41) is 6.42. The molecular weight excluding hydrogens is 568 g/mol. The average Bonchev–Trinajstić information content (AvgIpc) is 3.31. The maximum Gasteiger partial charge on any atom is 0.258 e. The molecule has 228 valence electrons. The Hall–Kier alpha value is -4.06. The van der Waals surface area contributed by atoms with Crippen molar-refractivity contribution < 1.29 is 27.4 Å². The van der Waals surface area contributed by atoms with Crippen LogP contribution in [0.15, 0.2) is 66.7 Å². The van der Waals surface area contributed by atoms with Gasteiger partial charge >= 0.3 is 0 Å². The highest BCUT2D eigenvalue weighted by Gasteiger charge is 2.31. The number of morpholine rings is 1. The van der Waals surface area contributed by atoms with Crippen LogP contribution in [0.5, 0.6) is 11.5 Å². The predicted molar refractivity (Wildman–Crippen MR) is 170 cm³/mol. The molecule has 0 aromatic heterocycles. The predicted octanol–water partition coefficient (Wildman–Crippen LogP) is 4.51. The van der Waals surface area contributed by atoms with Gasteiger partial charge in [-0.1, -0.05) is 30.3 Å². The van der Waals surface area contributed by atoms with Crippen molar-refractivity contribution in [1.29, 1.82) is 0 Å². The normalized spacial score (nSPS) is 16.3. The molecule has 11 heteroatoms. The molecule has 3 aromatic carbocycles. The summed E-state index contributed by atoms with van der Waals surface area (Å²) >= 11 is 0. The zero-order chi connectivity index (χ0) is 30.4. The van der Waals surface area contributed by atoms with Gasteiger partial charge in [0.2, 0.25) is 10.0 Å². The van der Waals surface area contributed by atoms with Gasteiger partial charge < -0.3 is 24.8 Å². The minimum Gasteiger partial charge on any atom is -0.490 e. The monoisotopic (exact) mass is 606 g/mol. The van der Waals surface area contributed by atoms with Crippen LogP contribution in [0.25, 0.3) is 11.3 Å². The standard InChI is InChI=1S/C32H38N4O6S/c1-4-41-28-21-26-27(22-29(28)42-5-2)34-32(37)30(26)31(23-9-7-6-8-10-23)33-24-11-13-25(14-12-24)36(43(3,38)39)16-15-35-17-19-40-20-18-35/h6-14,21-22,33H,4-5,15-20H2,1-3H3,(H,34,37). The zero-order valence-electron chi connectivity index (χ0n) is 24.8. The van der Waals surface area contributed by atoms with E-state index < -0.39 is 10.0 Å². The molecular formula is C32H38N4O6S. The van der Waals surface area contributed by atoms with E-state index in [1.54, 1.807) is 18.2 Å². The summed E-state index contributed by atoms with van der Waals surface area (Å²) in [5.74, 6) is 0.880. The van der Waals surface area contributed by atoms with Crippen molar-refractivity contribution in [2.24, 2.45) is 0 Å². The van der Waals surface area contributed by atoms with E-state index in [1.807, 2.05) is 62.4 Å². The molecule has 0 aliphatic carbocycles. The Bertz CT molecular complexity index is 1570. The highest BCUT2D eigenvalue weighted by molar-refractivity contribution is 7.92. The molecule has 43 heavy (non-hydrogen) atoms. The molecule has 2 aliphatic heterocycles. The van der Waals surface area contributed by atoms with Crippen molar-refractivity contribution >= 4 is 44.3 Å². The van der Waals surface area contributed by atoms with E-state index in [0.29, 0.717) is 84.9 Å². The number of fused-ring (bicyclic) bond motifs is 1. The first-order valence-corrected chi connectivity index (χ1v) is 16.3. The van der Waals surface area contributed by atoms with Crippen LogP contribution in [0.4, 0.5) is 17.1 Å². The molecule has 1 amide bonds. The maximum absolute atomic E-state index is 13.5. The summed E-state index contributed by atoms with van der Waals surface area (Å²) < 4.78 is 43.9. The summed E-state index contributed by atoms with van der Waals surface area (Å²) in [5.41, 5.74) is 4.52. The van der Waals surface area contributed by atoms with Gasteiger partial charge in [-0.15, -0.1) is 0 Å². The number of benzene rings is 3. The lowest BCUT2D eigenvalue weighted by Gasteiger charge is -2.30. The molecule has 0 saturated carbocycles. The quantitative estimate of drug-likeness (QED) is 0.290. The Morgan fingerprint density at radius 2 is 1.63 bits per heavy atom. The number of sulfonamides is 1. The number of carbonyl (C=O) groups is 1. The number of nitrogens with one attached hydrogen (secondary N) is 2. The molecule has 3 aromatic rings. The second kappa shape index (κ2) is 13.5. The van der Waals surface area contributed by atoms with Gasteiger partial charge in [0.25, 0.3) is 5.91 Å². The van der Waals surface area contributed by atoms with Gasteiger partial charge in [-0.3, -0.25) is 14.0 Å². The number of hydrogen-bond acceptors (Lipinski definition) is 8. The zero-order valence-corrected chi connectivity index (χ0v) is 25.6. The van der Waals surface area contributed by atoms with Gasteiger partial charge in [-0.2, -0.15) is 0 Å². The Morgan fingerprint density at radius 1 is 0.977 bits per heavy atom. The third kappa shape index (κ3) is 7.12. The minimum absolute atomic E-state index is 0.250. The van der Waals surface area contributed by atoms with Crippen molar-refractivity contribution in [3.05, 3.63) is 77.9 Å². The Kier molecular flexibility index (Phi) is 9.54. The van der Waals surface area contributed by atoms with E-state index in [1.165, 1.54) is 10.6 Å². The van der Waals surface area contributed by atoms with Crippen LogP contribution in [-0.4, -0.2) is 78.1 Å². The van der Waals surface area contributed by atoms with Gasteiger partial charge in [-0.25, -0.2) is 8.42 Å². The van der Waals surface area contributed by atoms with Crippen LogP contribution in [-0.2, 0) is 19.6 Å². The molecule has 0 unspecified atom stereocenters. The van der Waals surface area contributed by atoms with Crippen LogP contribution in [0, 0.1) is 0 Å². The van der Waals surface area contributed by atoms with E-state index in [0.717, 1.165) is 18.7 Å². The van der Waals surface area contributed by atoms with E-state index in [9.17, 15) is 13.2 Å². The van der Waals surface area contributed by atoms with Crippen molar-refractivity contribution in [1.82, 2.24) is 4.90 Å². The van der Waals surface area contributed by atoms with E-state index in [-0.39, 0.29) is 5.91 Å². The number of amides is 1. The number of nitrogens with zero attached hydrogens (tertiary/aromatic N) is 2. The molecule has 0 bridgehead atoms. The number of ether oxygens (including phenoxy) is 3. The Balaban J connectivity index is 1.48. The fourth-order valence-electron chi connectivity index (χ4n) is 5.24. The summed E-state index contributed by atoms with van der Waals surface area (Å²) in [6.07, 6.45) is 1.22. The molecule has 0 atom stereocenters. The lowest BCUT2D eigenvalue weighted by molar-refractivity contribution is -0.110. The molecule has 2 heterocycles. The summed E-state index contributed by atoms with van der Waals surface area (Å²) in [4.78, 5) is 15.7. The minimum atomic E-state index is -3.50. The van der Waals surface area contributed by atoms with E-state index in [2.05, 4.69) is 15.5 Å². The lowest BCUT2D eigenvalue weighted by atomic mass is 9.99. The highest BCUT2D eigenvalue weighted by atomic mass is 32.2. The SMILES string of the molecule is CCOc1cc2c(cc1OCC)C(=C(Nc1ccc(N(CCN3CCOCC3)S(C)(=O)=O)cc1)c1ccccc1)C(=O)N2. The molecule has 1 saturated heterocycles. The lowest BCUT2D eigenvalue weighted by Crippen LogP contribution is -2.43. The van der Waals surface area contributed by atoms with Crippen LogP contribution in [0.1, 0.15) is 25.0 Å². The molecule has 1 fully saturated rings. The number of anilines is 3. The number of hydrogen-bond donors (Lipinski definition) is 2. The van der Waals surface area contributed by atoms with Gasteiger partial charge in [0, 0.05) is 43.5 Å². The summed E-state index contributed by atoms with van der Waals surface area (Å²) in [6, 6.07) is 20.4. The highest BCUT2D eigenvalue weighted by Crippen LogP contribution is 2.43. The van der Waals surface area contributed by atoms with Crippen molar-refractivity contribution in [3.8, 4) is 11.5 Å². The van der Waals surface area contributed by atoms with Crippen LogP contribution in [0.2, 0.25) is 0 Å². The third-order valence-electron chi connectivity index (χ3n) is 7.29. The number of rotatable bonds is 12. The molecule has 10 nitrogen and oxygen atoms in total. The fraction of sp³-hybridized carbons (Fsp3) is 0.344. The average molecular weight is 607 g/mol. The maximum atomic E-state index is 13.5. The molecule has 2 N–H and O–H groups in total. The van der Waals surface area contributed by atoms with Crippen LogP contribution in [0.3, 0.4) is 0 Å². The van der Waals surface area contributed by atoms with Gasteiger partial charge in [0.15, 0.2) is 11.5 Å². The Morgan fingerprint density at radius 3 is 2.26 bits per heavy atom. The largest absolute Gasteiger partial charge is 0.490 e. The summed E-state index contributed by atoms with van der Waals surface area (Å²) in [6.45, 7) is 8.55. The van der Waals surface area contributed by atoms with Crippen molar-refractivity contribution in [2.75, 3.05) is 73.8 Å². The van der Waals surface area contributed by atoms with Crippen LogP contribution < -0.4 is 24.4 Å². The molecule has 5 rings (SSSR count). The first-order chi connectivity index (χ1) is 20.8. The number of carbonyl (C=O) groups excluding carboxylic acids is 1. The van der Waals surface area contributed by atoms with Gasteiger partial charge in [-0.05, 0) is 49.7 Å². The molecule has 0 spiro atoms. The first-order valence-electron chi connectivity index (χ1n) is 14.5. The Labute approximate surface area is 253 Å².